The molecule has 0 unspecified atom stereocenters. The molecule has 5 heteroatoms. The Morgan fingerprint density at radius 2 is 2.29 bits per heavy atom. The van der Waals surface area contributed by atoms with Crippen LogP contribution in [0.4, 0.5) is 4.79 Å². The van der Waals surface area contributed by atoms with Gasteiger partial charge in [0, 0.05) is 12.0 Å². The number of hydrogen-bond donors (Lipinski definition) is 1. The minimum Gasteiger partial charge on any atom is -0.464 e. The third kappa shape index (κ3) is 1.56. The first-order chi connectivity index (χ1) is 6.40. The van der Waals surface area contributed by atoms with Crippen LogP contribution in [0.1, 0.15) is 20.3 Å². The van der Waals surface area contributed by atoms with E-state index in [-0.39, 0.29) is 13.0 Å². The number of amides is 2. The molecule has 76 valence electrons. The van der Waals surface area contributed by atoms with E-state index in [4.69, 9.17) is 11.5 Å². The smallest absolute Gasteiger partial charge is 0.429 e. The van der Waals surface area contributed by atoms with Crippen molar-refractivity contribution in [2.24, 2.45) is 0 Å². The highest BCUT2D eigenvalue weighted by Crippen LogP contribution is 2.29. The van der Waals surface area contributed by atoms with Crippen molar-refractivity contribution in [3.63, 3.8) is 0 Å². The van der Waals surface area contributed by atoms with Crippen molar-refractivity contribution in [3.8, 4) is 12.3 Å². The Morgan fingerprint density at radius 1 is 1.71 bits per heavy atom. The summed E-state index contributed by atoms with van der Waals surface area (Å²) < 4.78 is 0. The van der Waals surface area contributed by atoms with E-state index in [1.54, 1.807) is 13.8 Å². The topological polar surface area (TPSA) is 60.9 Å². The summed E-state index contributed by atoms with van der Waals surface area (Å²) >= 11 is 0. The molecule has 5 nitrogen and oxygen atoms in total. The SMILES string of the molecule is C#CCN1N(C(=O)O)C(=O)CC1(C)C. The summed E-state index contributed by atoms with van der Waals surface area (Å²) in [6.45, 7) is 3.68. The van der Waals surface area contributed by atoms with E-state index >= 15 is 0 Å². The van der Waals surface area contributed by atoms with Gasteiger partial charge in [-0.3, -0.25) is 4.79 Å². The lowest BCUT2D eigenvalue weighted by Crippen LogP contribution is -2.49. The Hall–Kier alpha value is -1.54. The number of hydrazine groups is 1. The van der Waals surface area contributed by atoms with Gasteiger partial charge in [-0.1, -0.05) is 5.92 Å². The van der Waals surface area contributed by atoms with Crippen molar-refractivity contribution in [1.29, 1.82) is 0 Å². The van der Waals surface area contributed by atoms with E-state index in [1.807, 2.05) is 0 Å². The molecule has 14 heavy (non-hydrogen) atoms. The van der Waals surface area contributed by atoms with Crippen LogP contribution in [-0.4, -0.2) is 39.2 Å². The summed E-state index contributed by atoms with van der Waals surface area (Å²) in [4.78, 5) is 22.1. The second kappa shape index (κ2) is 3.31. The van der Waals surface area contributed by atoms with Crippen molar-refractivity contribution in [2.75, 3.05) is 6.54 Å². The van der Waals surface area contributed by atoms with Gasteiger partial charge in [-0.2, -0.15) is 10.0 Å². The molecular weight excluding hydrogens is 184 g/mol. The van der Waals surface area contributed by atoms with Gasteiger partial charge in [0.15, 0.2) is 0 Å². The number of nitrogens with zero attached hydrogens (tertiary/aromatic N) is 2. The number of rotatable bonds is 1. The number of terminal acetylenes is 1. The van der Waals surface area contributed by atoms with E-state index in [2.05, 4.69) is 5.92 Å². The van der Waals surface area contributed by atoms with Crippen molar-refractivity contribution < 1.29 is 14.7 Å². The first kappa shape index (κ1) is 10.5. The van der Waals surface area contributed by atoms with Gasteiger partial charge in [0.2, 0.25) is 5.91 Å². The fraction of sp³-hybridized carbons (Fsp3) is 0.556. The van der Waals surface area contributed by atoms with Gasteiger partial charge in [-0.15, -0.1) is 6.42 Å². The van der Waals surface area contributed by atoms with Gasteiger partial charge in [0.05, 0.1) is 6.54 Å². The maximum atomic E-state index is 11.4. The second-order valence-electron chi connectivity index (χ2n) is 3.74. The lowest BCUT2D eigenvalue weighted by atomic mass is 10.0. The molecule has 1 rings (SSSR count). The number of carboxylic acid groups (broad SMARTS) is 1. The second-order valence-corrected chi connectivity index (χ2v) is 3.74. The van der Waals surface area contributed by atoms with Crippen LogP contribution >= 0.6 is 0 Å². The molecule has 0 aromatic rings. The fourth-order valence-electron chi connectivity index (χ4n) is 1.52. The van der Waals surface area contributed by atoms with Gasteiger partial charge in [-0.25, -0.2) is 4.79 Å². The molecule has 1 aliphatic heterocycles. The Bertz CT molecular complexity index is 317. The summed E-state index contributed by atoms with van der Waals surface area (Å²) in [5.74, 6) is 1.91. The maximum absolute atomic E-state index is 11.4. The number of imide groups is 1. The van der Waals surface area contributed by atoms with Gasteiger partial charge >= 0.3 is 6.09 Å². The highest BCUT2D eigenvalue weighted by molar-refractivity contribution is 5.92. The van der Waals surface area contributed by atoms with Gasteiger partial charge < -0.3 is 5.11 Å². The molecule has 2 amide bonds. The third-order valence-electron chi connectivity index (χ3n) is 2.18. The van der Waals surface area contributed by atoms with Crippen LogP contribution in [0.3, 0.4) is 0 Å². The zero-order valence-electron chi connectivity index (χ0n) is 8.15. The summed E-state index contributed by atoms with van der Waals surface area (Å²) in [6, 6.07) is 0. The Kier molecular flexibility index (Phi) is 2.49. The lowest BCUT2D eigenvalue weighted by molar-refractivity contribution is -0.134. The molecule has 0 bridgehead atoms. The molecule has 1 fully saturated rings. The van der Waals surface area contributed by atoms with Crippen molar-refractivity contribution in [1.82, 2.24) is 10.0 Å². The normalized spacial score (nSPS) is 20.9. The van der Waals surface area contributed by atoms with Crippen molar-refractivity contribution in [3.05, 3.63) is 0 Å². The van der Waals surface area contributed by atoms with Crippen LogP contribution in [0, 0.1) is 12.3 Å². The van der Waals surface area contributed by atoms with Gasteiger partial charge in [-0.05, 0) is 13.8 Å². The predicted octanol–water partition coefficient (Wildman–Crippen LogP) is 0.525. The summed E-state index contributed by atoms with van der Waals surface area (Å²) in [6.07, 6.45) is 4.00. The molecule has 0 saturated carbocycles. The summed E-state index contributed by atoms with van der Waals surface area (Å²) in [5, 5.41) is 10.9. The number of carbonyl (C=O) groups is 2. The molecule has 0 aliphatic carbocycles. The average molecular weight is 196 g/mol. The minimum absolute atomic E-state index is 0.116. The maximum Gasteiger partial charge on any atom is 0.429 e. The van der Waals surface area contributed by atoms with E-state index in [0.29, 0.717) is 5.01 Å². The number of hydrogen-bond acceptors (Lipinski definition) is 3. The van der Waals surface area contributed by atoms with Gasteiger partial charge in [0.1, 0.15) is 0 Å². The first-order valence-corrected chi connectivity index (χ1v) is 4.17. The van der Waals surface area contributed by atoms with Crippen molar-refractivity contribution >= 4 is 12.0 Å². The molecule has 1 aliphatic rings. The monoisotopic (exact) mass is 196 g/mol. The van der Waals surface area contributed by atoms with E-state index in [1.165, 1.54) is 5.01 Å². The number of carbonyl (C=O) groups excluding carboxylic acids is 1. The summed E-state index contributed by atoms with van der Waals surface area (Å²) in [7, 11) is 0. The van der Waals surface area contributed by atoms with E-state index in [0.717, 1.165) is 0 Å². The molecule has 0 aromatic heterocycles. The van der Waals surface area contributed by atoms with Crippen LogP contribution in [0.5, 0.6) is 0 Å². The molecule has 1 saturated heterocycles. The first-order valence-electron chi connectivity index (χ1n) is 4.17. The van der Waals surface area contributed by atoms with Crippen LogP contribution in [0.25, 0.3) is 0 Å². The fourth-order valence-corrected chi connectivity index (χ4v) is 1.52. The Morgan fingerprint density at radius 3 is 2.71 bits per heavy atom. The minimum atomic E-state index is -1.28. The average Bonchev–Trinajstić information content (AvgIpc) is 2.22. The van der Waals surface area contributed by atoms with E-state index < -0.39 is 17.5 Å². The molecule has 0 radical (unpaired) electrons. The largest absolute Gasteiger partial charge is 0.464 e. The molecule has 1 N–H and O–H groups in total. The van der Waals surface area contributed by atoms with Crippen LogP contribution < -0.4 is 0 Å². The zero-order valence-corrected chi connectivity index (χ0v) is 8.15. The highest BCUT2D eigenvalue weighted by atomic mass is 16.4. The molecule has 0 atom stereocenters. The lowest BCUT2D eigenvalue weighted by Gasteiger charge is -2.31. The standard InChI is InChI=1S/C9H12N2O3/c1-4-5-10-9(2,3)6-7(12)11(10)8(13)14/h1H,5-6H2,2-3H3,(H,13,14). The Balaban J connectivity index is 2.99. The van der Waals surface area contributed by atoms with Crippen LogP contribution in [0.15, 0.2) is 0 Å². The quantitative estimate of drug-likeness (QED) is 0.621. The molecule has 0 spiro atoms. The Labute approximate surface area is 82.3 Å². The van der Waals surface area contributed by atoms with Gasteiger partial charge in [0.25, 0.3) is 0 Å². The molecule has 0 aromatic carbocycles. The zero-order chi connectivity index (χ0) is 10.9. The van der Waals surface area contributed by atoms with Crippen LogP contribution in [0.2, 0.25) is 0 Å². The predicted molar refractivity (Wildman–Crippen MR) is 49.1 cm³/mol. The third-order valence-corrected chi connectivity index (χ3v) is 2.18. The van der Waals surface area contributed by atoms with Crippen LogP contribution in [-0.2, 0) is 4.79 Å². The highest BCUT2D eigenvalue weighted by Gasteiger charge is 2.46. The van der Waals surface area contributed by atoms with E-state index in [9.17, 15) is 9.59 Å². The molecular formula is C9H12N2O3. The molecule has 1 heterocycles. The summed E-state index contributed by atoms with van der Waals surface area (Å²) in [5.41, 5.74) is -0.526. The van der Waals surface area contributed by atoms with Crippen molar-refractivity contribution in [2.45, 2.75) is 25.8 Å².